The second-order valence-electron chi connectivity index (χ2n) is 6.14. The van der Waals surface area contributed by atoms with Gasteiger partial charge in [-0.15, -0.1) is 0 Å². The molecule has 0 saturated carbocycles. The molecule has 1 fully saturated rings. The highest BCUT2D eigenvalue weighted by Gasteiger charge is 2.32. The predicted octanol–water partition coefficient (Wildman–Crippen LogP) is 3.47. The van der Waals surface area contributed by atoms with Crippen molar-refractivity contribution in [2.75, 3.05) is 13.7 Å². The van der Waals surface area contributed by atoms with Gasteiger partial charge in [0.15, 0.2) is 0 Å². The molecular formula is C18H21BrN4O2. The fraction of sp³-hybridized carbons (Fsp3) is 0.389. The van der Waals surface area contributed by atoms with Crippen LogP contribution in [0.5, 0.6) is 0 Å². The van der Waals surface area contributed by atoms with E-state index in [-0.39, 0.29) is 24.2 Å². The van der Waals surface area contributed by atoms with Crippen molar-refractivity contribution in [2.24, 2.45) is 0 Å². The van der Waals surface area contributed by atoms with E-state index in [1.165, 1.54) is 0 Å². The van der Waals surface area contributed by atoms with Crippen molar-refractivity contribution in [3.8, 4) is 0 Å². The van der Waals surface area contributed by atoms with E-state index in [0.29, 0.717) is 6.61 Å². The van der Waals surface area contributed by atoms with E-state index in [4.69, 9.17) is 4.74 Å². The van der Waals surface area contributed by atoms with Gasteiger partial charge in [0.05, 0.1) is 12.1 Å². The lowest BCUT2D eigenvalue weighted by atomic mass is 10.0. The fourth-order valence-corrected chi connectivity index (χ4v) is 3.33. The first-order chi connectivity index (χ1) is 12.1. The molecule has 3 rings (SSSR count). The van der Waals surface area contributed by atoms with E-state index in [0.717, 1.165) is 22.0 Å². The van der Waals surface area contributed by atoms with Crippen molar-refractivity contribution in [1.29, 1.82) is 0 Å². The Kier molecular flexibility index (Phi) is 5.65. The van der Waals surface area contributed by atoms with E-state index in [1.807, 2.05) is 25.1 Å². The monoisotopic (exact) mass is 404 g/mol. The Labute approximate surface area is 155 Å². The molecule has 25 heavy (non-hydrogen) atoms. The van der Waals surface area contributed by atoms with Gasteiger partial charge in [-0.25, -0.2) is 4.79 Å². The number of hydrogen-bond donors (Lipinski definition) is 1. The Morgan fingerprint density at radius 2 is 2.12 bits per heavy atom. The van der Waals surface area contributed by atoms with Crippen molar-refractivity contribution in [3.05, 3.63) is 58.6 Å². The van der Waals surface area contributed by atoms with Gasteiger partial charge in [-0.1, -0.05) is 0 Å². The third kappa shape index (κ3) is 4.16. The predicted molar refractivity (Wildman–Crippen MR) is 98.0 cm³/mol. The maximum absolute atomic E-state index is 12.7. The third-order valence-corrected chi connectivity index (χ3v) is 4.98. The summed E-state index contributed by atoms with van der Waals surface area (Å²) in [5.41, 5.74) is 2.00. The van der Waals surface area contributed by atoms with Crippen LogP contribution in [-0.4, -0.2) is 40.6 Å². The first kappa shape index (κ1) is 17.8. The molecule has 0 bridgehead atoms. The number of nitrogens with zero attached hydrogens (tertiary/aromatic N) is 3. The Bertz CT molecular complexity index is 728. The average Bonchev–Trinajstić information content (AvgIpc) is 3.09. The summed E-state index contributed by atoms with van der Waals surface area (Å²) in [7, 11) is 1.80. The van der Waals surface area contributed by atoms with Crippen molar-refractivity contribution in [2.45, 2.75) is 31.5 Å². The molecule has 2 amide bonds. The maximum Gasteiger partial charge on any atom is 0.317 e. The quantitative estimate of drug-likeness (QED) is 0.846. The minimum absolute atomic E-state index is 0.0451. The molecule has 132 valence electrons. The van der Waals surface area contributed by atoms with Gasteiger partial charge in [0.1, 0.15) is 6.10 Å². The van der Waals surface area contributed by atoms with Gasteiger partial charge >= 0.3 is 6.03 Å². The number of carbonyl (C=O) groups is 1. The summed E-state index contributed by atoms with van der Waals surface area (Å²) in [6.45, 7) is 2.61. The van der Waals surface area contributed by atoms with Gasteiger partial charge in [-0.3, -0.25) is 9.97 Å². The molecule has 0 radical (unpaired) electrons. The summed E-state index contributed by atoms with van der Waals surface area (Å²) < 4.78 is 6.73. The Balaban J connectivity index is 1.67. The molecule has 2 unspecified atom stereocenters. The number of halogens is 1. The molecule has 1 saturated heterocycles. The van der Waals surface area contributed by atoms with Gasteiger partial charge < -0.3 is 15.0 Å². The molecule has 3 heterocycles. The molecule has 0 aromatic carbocycles. The fourth-order valence-electron chi connectivity index (χ4n) is 2.95. The summed E-state index contributed by atoms with van der Waals surface area (Å²) in [6, 6.07) is 5.58. The standard InChI is InChI=1S/C18H21BrN4O2/c1-12(13-3-6-20-7-4-13)23(2)18(24)22-16-5-8-25-17(16)14-9-15(19)11-21-10-14/h3-4,6-7,9-12,16-17H,5,8H2,1-2H3,(H,22,24)/t12-,16?,17?/m0/s1. The first-order valence-electron chi connectivity index (χ1n) is 8.21. The van der Waals surface area contributed by atoms with Crippen LogP contribution in [-0.2, 0) is 4.74 Å². The average molecular weight is 405 g/mol. The van der Waals surface area contributed by atoms with Crippen LogP contribution in [0.2, 0.25) is 0 Å². The summed E-state index contributed by atoms with van der Waals surface area (Å²) in [5.74, 6) is 0. The van der Waals surface area contributed by atoms with Gasteiger partial charge in [0, 0.05) is 48.5 Å². The minimum Gasteiger partial charge on any atom is -0.371 e. The molecule has 6 nitrogen and oxygen atoms in total. The van der Waals surface area contributed by atoms with Crippen LogP contribution in [0.25, 0.3) is 0 Å². The highest BCUT2D eigenvalue weighted by Crippen LogP contribution is 2.30. The highest BCUT2D eigenvalue weighted by molar-refractivity contribution is 9.10. The normalized spacial score (nSPS) is 20.9. The first-order valence-corrected chi connectivity index (χ1v) is 9.01. The number of nitrogens with one attached hydrogen (secondary N) is 1. The van der Waals surface area contributed by atoms with E-state index in [9.17, 15) is 4.79 Å². The van der Waals surface area contributed by atoms with Crippen molar-refractivity contribution >= 4 is 22.0 Å². The summed E-state index contributed by atoms with van der Waals surface area (Å²) in [6.07, 6.45) is 7.58. The Morgan fingerprint density at radius 1 is 1.36 bits per heavy atom. The second kappa shape index (κ2) is 7.93. The molecule has 1 aliphatic rings. The van der Waals surface area contributed by atoms with Crippen molar-refractivity contribution < 1.29 is 9.53 Å². The van der Waals surface area contributed by atoms with Crippen LogP contribution in [0.4, 0.5) is 4.79 Å². The number of hydrogen-bond acceptors (Lipinski definition) is 4. The van der Waals surface area contributed by atoms with Crippen LogP contribution in [0.15, 0.2) is 47.5 Å². The van der Waals surface area contributed by atoms with Crippen molar-refractivity contribution in [1.82, 2.24) is 20.2 Å². The SMILES string of the molecule is C[C@@H](c1ccncc1)N(C)C(=O)NC1CCOC1c1cncc(Br)c1. The minimum atomic E-state index is -0.182. The third-order valence-electron chi connectivity index (χ3n) is 4.54. The van der Waals surface area contributed by atoms with E-state index < -0.39 is 0 Å². The van der Waals surface area contributed by atoms with E-state index >= 15 is 0 Å². The maximum atomic E-state index is 12.7. The second-order valence-corrected chi connectivity index (χ2v) is 7.06. The molecule has 7 heteroatoms. The number of urea groups is 1. The smallest absolute Gasteiger partial charge is 0.317 e. The van der Waals surface area contributed by atoms with Gasteiger partial charge in [0.25, 0.3) is 0 Å². The van der Waals surface area contributed by atoms with E-state index in [1.54, 1.807) is 36.7 Å². The lowest BCUT2D eigenvalue weighted by Crippen LogP contribution is -2.45. The molecular weight excluding hydrogens is 384 g/mol. The molecule has 2 aromatic rings. The lowest BCUT2D eigenvalue weighted by molar-refractivity contribution is 0.0975. The van der Waals surface area contributed by atoms with Crippen LogP contribution in [0.3, 0.4) is 0 Å². The zero-order valence-electron chi connectivity index (χ0n) is 14.2. The van der Waals surface area contributed by atoms with Crippen LogP contribution in [0, 0.1) is 0 Å². The molecule has 0 spiro atoms. The molecule has 2 aromatic heterocycles. The number of pyridine rings is 2. The summed E-state index contributed by atoms with van der Waals surface area (Å²) in [4.78, 5) is 22.6. The van der Waals surface area contributed by atoms with Crippen LogP contribution >= 0.6 is 15.9 Å². The number of carbonyl (C=O) groups excluding carboxylic acids is 1. The van der Waals surface area contributed by atoms with Gasteiger partial charge in [0.2, 0.25) is 0 Å². The number of amides is 2. The van der Waals surface area contributed by atoms with Gasteiger partial charge in [-0.05, 0) is 53.0 Å². The largest absolute Gasteiger partial charge is 0.371 e. The topological polar surface area (TPSA) is 67.4 Å². The molecule has 0 aliphatic carbocycles. The van der Waals surface area contributed by atoms with Crippen LogP contribution < -0.4 is 5.32 Å². The van der Waals surface area contributed by atoms with Crippen molar-refractivity contribution in [3.63, 3.8) is 0 Å². The zero-order valence-corrected chi connectivity index (χ0v) is 15.8. The zero-order chi connectivity index (χ0) is 17.8. The number of ether oxygens (including phenoxy) is 1. The molecule has 3 atom stereocenters. The van der Waals surface area contributed by atoms with Gasteiger partial charge in [-0.2, -0.15) is 0 Å². The highest BCUT2D eigenvalue weighted by atomic mass is 79.9. The number of aromatic nitrogens is 2. The lowest BCUT2D eigenvalue weighted by Gasteiger charge is -2.28. The summed E-state index contributed by atoms with van der Waals surface area (Å²) in [5, 5.41) is 3.10. The van der Waals surface area contributed by atoms with Crippen LogP contribution in [0.1, 0.15) is 36.6 Å². The van der Waals surface area contributed by atoms with E-state index in [2.05, 4.69) is 31.2 Å². The Morgan fingerprint density at radius 3 is 2.84 bits per heavy atom. The molecule has 1 N–H and O–H groups in total. The molecule has 1 aliphatic heterocycles. The summed E-state index contributed by atoms with van der Waals surface area (Å²) >= 11 is 3.43. The number of rotatable bonds is 4. The Hall–Kier alpha value is -1.99.